The third kappa shape index (κ3) is 3.19. The SMILES string of the molecule is Cc1nc(C)n(C[C@@H]2CCCN(c3cccc(F)c3C#N)C2)n1. The highest BCUT2D eigenvalue weighted by Crippen LogP contribution is 2.28. The number of aromatic nitrogens is 3. The molecule has 2 heterocycles. The number of benzene rings is 1. The lowest BCUT2D eigenvalue weighted by atomic mass is 9.96. The third-order valence-electron chi connectivity index (χ3n) is 4.36. The molecular weight excluding hydrogens is 293 g/mol. The number of nitrogens with zero attached hydrogens (tertiary/aromatic N) is 5. The van der Waals surface area contributed by atoms with Crippen molar-refractivity contribution < 1.29 is 4.39 Å². The van der Waals surface area contributed by atoms with Crippen LogP contribution in [0.15, 0.2) is 18.2 Å². The molecule has 1 aromatic heterocycles. The Morgan fingerprint density at radius 3 is 2.91 bits per heavy atom. The second-order valence-corrected chi connectivity index (χ2v) is 6.09. The smallest absolute Gasteiger partial charge is 0.147 e. The first-order valence-corrected chi connectivity index (χ1v) is 7.90. The maximum absolute atomic E-state index is 13.8. The van der Waals surface area contributed by atoms with E-state index in [-0.39, 0.29) is 5.56 Å². The molecule has 0 unspecified atom stereocenters. The molecule has 23 heavy (non-hydrogen) atoms. The summed E-state index contributed by atoms with van der Waals surface area (Å²) in [6.07, 6.45) is 2.13. The van der Waals surface area contributed by atoms with E-state index in [1.807, 2.05) is 30.7 Å². The van der Waals surface area contributed by atoms with Gasteiger partial charge >= 0.3 is 0 Å². The summed E-state index contributed by atoms with van der Waals surface area (Å²) >= 11 is 0. The summed E-state index contributed by atoms with van der Waals surface area (Å²) in [5, 5.41) is 13.7. The van der Waals surface area contributed by atoms with Crippen LogP contribution < -0.4 is 4.90 Å². The summed E-state index contributed by atoms with van der Waals surface area (Å²) < 4.78 is 15.8. The Balaban J connectivity index is 1.78. The van der Waals surface area contributed by atoms with Crippen LogP contribution in [0, 0.1) is 36.9 Å². The highest BCUT2D eigenvalue weighted by molar-refractivity contribution is 5.60. The van der Waals surface area contributed by atoms with Gasteiger partial charge in [0.05, 0.1) is 5.69 Å². The lowest BCUT2D eigenvalue weighted by Crippen LogP contribution is -2.37. The van der Waals surface area contributed by atoms with Crippen molar-refractivity contribution in [3.8, 4) is 6.07 Å². The molecule has 5 nitrogen and oxygen atoms in total. The van der Waals surface area contributed by atoms with E-state index in [1.165, 1.54) is 6.07 Å². The summed E-state index contributed by atoms with van der Waals surface area (Å²) in [6, 6.07) is 6.83. The van der Waals surface area contributed by atoms with E-state index < -0.39 is 5.82 Å². The predicted octanol–water partition coefficient (Wildman–Crippen LogP) is 2.82. The van der Waals surface area contributed by atoms with E-state index in [9.17, 15) is 9.65 Å². The van der Waals surface area contributed by atoms with Crippen LogP contribution in [-0.4, -0.2) is 27.9 Å². The average Bonchev–Trinajstić information content (AvgIpc) is 2.85. The first-order valence-electron chi connectivity index (χ1n) is 7.90. The number of aryl methyl sites for hydroxylation is 2. The van der Waals surface area contributed by atoms with Crippen LogP contribution in [0.5, 0.6) is 0 Å². The van der Waals surface area contributed by atoms with Gasteiger partial charge in [0.25, 0.3) is 0 Å². The Kier molecular flexibility index (Phi) is 4.28. The van der Waals surface area contributed by atoms with Crippen molar-refractivity contribution in [1.29, 1.82) is 5.26 Å². The summed E-state index contributed by atoms with van der Waals surface area (Å²) in [7, 11) is 0. The molecular formula is C17H20FN5. The van der Waals surface area contributed by atoms with Crippen LogP contribution in [0.3, 0.4) is 0 Å². The van der Waals surface area contributed by atoms with E-state index in [1.54, 1.807) is 6.07 Å². The Hall–Kier alpha value is -2.42. The summed E-state index contributed by atoms with van der Waals surface area (Å²) in [6.45, 7) is 6.31. The molecule has 0 bridgehead atoms. The molecule has 0 saturated carbocycles. The quantitative estimate of drug-likeness (QED) is 0.874. The van der Waals surface area contributed by atoms with Crippen molar-refractivity contribution in [1.82, 2.24) is 14.8 Å². The highest BCUT2D eigenvalue weighted by atomic mass is 19.1. The standard InChI is InChI=1S/C17H20FN5/c1-12-20-13(2)23(21-12)11-14-5-4-8-22(10-14)17-7-3-6-16(18)15(17)9-19/h3,6-7,14H,4-5,8,10-11H2,1-2H3/t14-/m1/s1. The molecule has 2 aromatic rings. The van der Waals surface area contributed by atoms with Crippen LogP contribution in [0.1, 0.15) is 30.1 Å². The largest absolute Gasteiger partial charge is 0.370 e. The molecule has 1 atom stereocenters. The molecule has 0 N–H and O–H groups in total. The lowest BCUT2D eigenvalue weighted by molar-refractivity contribution is 0.347. The third-order valence-corrected chi connectivity index (χ3v) is 4.36. The second kappa shape index (κ2) is 6.37. The van der Waals surface area contributed by atoms with Crippen LogP contribution in [-0.2, 0) is 6.54 Å². The molecule has 1 saturated heterocycles. The van der Waals surface area contributed by atoms with Crippen molar-refractivity contribution in [2.24, 2.45) is 5.92 Å². The van der Waals surface area contributed by atoms with Gasteiger partial charge in [0.1, 0.15) is 29.1 Å². The maximum Gasteiger partial charge on any atom is 0.147 e. The maximum atomic E-state index is 13.8. The second-order valence-electron chi connectivity index (χ2n) is 6.09. The minimum absolute atomic E-state index is 0.140. The molecule has 0 aliphatic carbocycles. The van der Waals surface area contributed by atoms with Crippen molar-refractivity contribution >= 4 is 5.69 Å². The number of nitriles is 1. The topological polar surface area (TPSA) is 57.7 Å². The van der Waals surface area contributed by atoms with Gasteiger partial charge in [0, 0.05) is 19.6 Å². The van der Waals surface area contributed by atoms with E-state index in [0.29, 0.717) is 11.6 Å². The molecule has 0 amide bonds. The molecule has 1 aromatic carbocycles. The minimum Gasteiger partial charge on any atom is -0.370 e. The lowest BCUT2D eigenvalue weighted by Gasteiger charge is -2.35. The normalized spacial score (nSPS) is 18.0. The van der Waals surface area contributed by atoms with E-state index in [4.69, 9.17) is 0 Å². The number of rotatable bonds is 3. The van der Waals surface area contributed by atoms with Crippen molar-refractivity contribution in [2.45, 2.75) is 33.2 Å². The van der Waals surface area contributed by atoms with Gasteiger partial charge in [-0.15, -0.1) is 0 Å². The van der Waals surface area contributed by atoms with Gasteiger partial charge in [-0.25, -0.2) is 14.1 Å². The Morgan fingerprint density at radius 1 is 1.39 bits per heavy atom. The van der Waals surface area contributed by atoms with Gasteiger partial charge in [0.15, 0.2) is 0 Å². The monoisotopic (exact) mass is 313 g/mol. The van der Waals surface area contributed by atoms with Crippen molar-refractivity contribution in [2.75, 3.05) is 18.0 Å². The predicted molar refractivity (Wildman–Crippen MR) is 85.5 cm³/mol. The van der Waals surface area contributed by atoms with Gasteiger partial charge in [-0.3, -0.25) is 0 Å². The number of halogens is 1. The van der Waals surface area contributed by atoms with Gasteiger partial charge in [0.2, 0.25) is 0 Å². The summed E-state index contributed by atoms with van der Waals surface area (Å²) in [5.41, 5.74) is 0.838. The van der Waals surface area contributed by atoms with Gasteiger partial charge in [-0.1, -0.05) is 6.07 Å². The highest BCUT2D eigenvalue weighted by Gasteiger charge is 2.24. The zero-order chi connectivity index (χ0) is 16.4. The van der Waals surface area contributed by atoms with Crippen molar-refractivity contribution in [3.63, 3.8) is 0 Å². The van der Waals surface area contributed by atoms with E-state index in [0.717, 1.165) is 44.1 Å². The Morgan fingerprint density at radius 2 is 2.22 bits per heavy atom. The molecule has 3 rings (SSSR count). The van der Waals surface area contributed by atoms with Crippen LogP contribution in [0.4, 0.5) is 10.1 Å². The van der Waals surface area contributed by atoms with E-state index >= 15 is 0 Å². The van der Waals surface area contributed by atoms with Crippen molar-refractivity contribution in [3.05, 3.63) is 41.2 Å². The molecule has 1 fully saturated rings. The molecule has 0 radical (unpaired) electrons. The molecule has 1 aliphatic rings. The summed E-state index contributed by atoms with van der Waals surface area (Å²) in [4.78, 5) is 6.46. The first-order chi connectivity index (χ1) is 11.1. The minimum atomic E-state index is -0.449. The summed E-state index contributed by atoms with van der Waals surface area (Å²) in [5.74, 6) is 1.67. The fourth-order valence-corrected chi connectivity index (χ4v) is 3.30. The fraction of sp³-hybridized carbons (Fsp3) is 0.471. The molecule has 0 spiro atoms. The van der Waals surface area contributed by atoms with Crippen LogP contribution in [0.25, 0.3) is 0 Å². The Labute approximate surface area is 135 Å². The molecule has 1 aliphatic heterocycles. The van der Waals surface area contributed by atoms with Crippen LogP contribution >= 0.6 is 0 Å². The number of anilines is 1. The Bertz CT molecular complexity index is 746. The molecule has 6 heteroatoms. The average molecular weight is 313 g/mol. The van der Waals surface area contributed by atoms with Gasteiger partial charge in [-0.2, -0.15) is 10.4 Å². The molecule has 120 valence electrons. The van der Waals surface area contributed by atoms with Gasteiger partial charge < -0.3 is 4.90 Å². The van der Waals surface area contributed by atoms with Crippen LogP contribution in [0.2, 0.25) is 0 Å². The zero-order valence-corrected chi connectivity index (χ0v) is 13.5. The number of piperidine rings is 1. The van der Waals surface area contributed by atoms with E-state index in [2.05, 4.69) is 15.0 Å². The first kappa shape index (κ1) is 15.5. The van der Waals surface area contributed by atoms with Gasteiger partial charge in [-0.05, 0) is 44.7 Å². The number of hydrogen-bond acceptors (Lipinski definition) is 4. The zero-order valence-electron chi connectivity index (χ0n) is 13.5. The number of hydrogen-bond donors (Lipinski definition) is 0. The fourth-order valence-electron chi connectivity index (χ4n) is 3.30.